The maximum absolute atomic E-state index is 13.1. The van der Waals surface area contributed by atoms with Crippen molar-refractivity contribution in [2.75, 3.05) is 0 Å². The number of halogens is 1. The predicted octanol–water partition coefficient (Wildman–Crippen LogP) is 3.18. The fourth-order valence-electron chi connectivity index (χ4n) is 2.17. The third kappa shape index (κ3) is 3.08. The van der Waals surface area contributed by atoms with Gasteiger partial charge in [-0.05, 0) is 56.4 Å². The summed E-state index contributed by atoms with van der Waals surface area (Å²) in [5.41, 5.74) is 0.524. The molecule has 0 aromatic heterocycles. The number of benzene rings is 1. The van der Waals surface area contributed by atoms with Crippen LogP contribution in [0.2, 0.25) is 0 Å². The van der Waals surface area contributed by atoms with Crippen LogP contribution in [0.1, 0.15) is 43.2 Å². The average molecular weight is 232 g/mol. The van der Waals surface area contributed by atoms with Crippen molar-refractivity contribution in [1.29, 1.82) is 0 Å². The standard InChI is InChI=1S/C15H17FO/c1-12-11-13(5-6-14(12)16)7-10-15(17)8-3-2-4-9-15/h5-6,11,17H,2-4,8-9H2,1H3. The van der Waals surface area contributed by atoms with Gasteiger partial charge in [0.15, 0.2) is 0 Å². The average Bonchev–Trinajstić information content (AvgIpc) is 2.32. The molecule has 1 fully saturated rings. The first kappa shape index (κ1) is 12.1. The lowest BCUT2D eigenvalue weighted by atomic mass is 9.85. The summed E-state index contributed by atoms with van der Waals surface area (Å²) in [6.07, 6.45) is 4.75. The molecule has 0 radical (unpaired) electrons. The van der Waals surface area contributed by atoms with Crippen molar-refractivity contribution in [2.24, 2.45) is 0 Å². The summed E-state index contributed by atoms with van der Waals surface area (Å²) in [7, 11) is 0. The molecule has 1 aliphatic rings. The molecule has 2 rings (SSSR count). The van der Waals surface area contributed by atoms with Gasteiger partial charge in [0.25, 0.3) is 0 Å². The Bertz CT molecular complexity index is 462. The van der Waals surface area contributed by atoms with E-state index in [4.69, 9.17) is 0 Å². The van der Waals surface area contributed by atoms with Gasteiger partial charge < -0.3 is 5.11 Å². The Morgan fingerprint density at radius 1 is 1.24 bits per heavy atom. The van der Waals surface area contributed by atoms with Crippen LogP contribution in [0.25, 0.3) is 0 Å². The first-order chi connectivity index (χ1) is 8.09. The van der Waals surface area contributed by atoms with Crippen LogP contribution in [0, 0.1) is 24.6 Å². The first-order valence-corrected chi connectivity index (χ1v) is 6.11. The molecule has 1 nitrogen and oxygen atoms in total. The van der Waals surface area contributed by atoms with Gasteiger partial charge in [0.1, 0.15) is 11.4 Å². The van der Waals surface area contributed by atoms with E-state index in [0.717, 1.165) is 31.2 Å². The van der Waals surface area contributed by atoms with Crippen molar-refractivity contribution in [2.45, 2.75) is 44.6 Å². The SMILES string of the molecule is Cc1cc(C#CC2(O)CCCCC2)ccc1F. The first-order valence-electron chi connectivity index (χ1n) is 6.11. The molecule has 0 aliphatic heterocycles. The molecule has 1 N–H and O–H groups in total. The van der Waals surface area contributed by atoms with Crippen molar-refractivity contribution < 1.29 is 9.50 Å². The van der Waals surface area contributed by atoms with E-state index in [0.29, 0.717) is 5.56 Å². The highest BCUT2D eigenvalue weighted by atomic mass is 19.1. The summed E-state index contributed by atoms with van der Waals surface area (Å²) in [6, 6.07) is 4.79. The van der Waals surface area contributed by atoms with Gasteiger partial charge in [0.2, 0.25) is 0 Å². The summed E-state index contributed by atoms with van der Waals surface area (Å²) in [5.74, 6) is 5.68. The molecule has 90 valence electrons. The molecule has 2 heteroatoms. The van der Waals surface area contributed by atoms with Crippen LogP contribution in [0.4, 0.5) is 4.39 Å². The van der Waals surface area contributed by atoms with Crippen molar-refractivity contribution in [3.8, 4) is 11.8 Å². The van der Waals surface area contributed by atoms with E-state index < -0.39 is 5.60 Å². The van der Waals surface area contributed by atoms with Gasteiger partial charge in [-0.3, -0.25) is 0 Å². The number of rotatable bonds is 0. The molecule has 1 aromatic rings. The van der Waals surface area contributed by atoms with Gasteiger partial charge in [-0.15, -0.1) is 0 Å². The smallest absolute Gasteiger partial charge is 0.126 e. The van der Waals surface area contributed by atoms with Gasteiger partial charge in [0.05, 0.1) is 0 Å². The molecule has 0 heterocycles. The number of hydrogen-bond donors (Lipinski definition) is 1. The molecular formula is C15H17FO. The second-order valence-corrected chi connectivity index (χ2v) is 4.81. The van der Waals surface area contributed by atoms with Crippen LogP contribution in [-0.4, -0.2) is 10.7 Å². The molecule has 0 spiro atoms. The van der Waals surface area contributed by atoms with E-state index in [-0.39, 0.29) is 5.82 Å². The molecular weight excluding hydrogens is 215 g/mol. The van der Waals surface area contributed by atoms with E-state index >= 15 is 0 Å². The zero-order valence-electron chi connectivity index (χ0n) is 10.1. The Balaban J connectivity index is 2.17. The van der Waals surface area contributed by atoms with Gasteiger partial charge in [-0.25, -0.2) is 4.39 Å². The highest BCUT2D eigenvalue weighted by Gasteiger charge is 2.26. The maximum Gasteiger partial charge on any atom is 0.126 e. The molecule has 17 heavy (non-hydrogen) atoms. The molecule has 0 saturated heterocycles. The molecule has 0 unspecified atom stereocenters. The summed E-state index contributed by atoms with van der Waals surface area (Å²) in [5, 5.41) is 10.2. The van der Waals surface area contributed by atoms with E-state index in [1.807, 2.05) is 0 Å². The lowest BCUT2D eigenvalue weighted by molar-refractivity contribution is 0.0610. The van der Waals surface area contributed by atoms with Crippen LogP contribution in [0.3, 0.4) is 0 Å². The summed E-state index contributed by atoms with van der Waals surface area (Å²) < 4.78 is 13.1. The maximum atomic E-state index is 13.1. The topological polar surface area (TPSA) is 20.2 Å². The van der Waals surface area contributed by atoms with Crippen LogP contribution >= 0.6 is 0 Å². The van der Waals surface area contributed by atoms with Crippen molar-refractivity contribution in [3.05, 3.63) is 35.1 Å². The second kappa shape index (κ2) is 4.89. The molecule has 1 saturated carbocycles. The van der Waals surface area contributed by atoms with E-state index in [1.54, 1.807) is 19.1 Å². The summed E-state index contributed by atoms with van der Waals surface area (Å²) in [6.45, 7) is 1.72. The summed E-state index contributed by atoms with van der Waals surface area (Å²) >= 11 is 0. The van der Waals surface area contributed by atoms with Gasteiger partial charge in [0, 0.05) is 5.56 Å². The van der Waals surface area contributed by atoms with Crippen molar-refractivity contribution in [3.63, 3.8) is 0 Å². The third-order valence-corrected chi connectivity index (χ3v) is 3.28. The predicted molar refractivity (Wildman–Crippen MR) is 66.0 cm³/mol. The molecule has 0 amide bonds. The lowest BCUT2D eigenvalue weighted by Gasteiger charge is -2.26. The lowest BCUT2D eigenvalue weighted by Crippen LogP contribution is -2.29. The number of aryl methyl sites for hydroxylation is 1. The number of hydrogen-bond acceptors (Lipinski definition) is 1. The van der Waals surface area contributed by atoms with E-state index in [9.17, 15) is 9.50 Å². The largest absolute Gasteiger partial charge is 0.378 e. The fourth-order valence-corrected chi connectivity index (χ4v) is 2.17. The monoisotopic (exact) mass is 232 g/mol. The Kier molecular flexibility index (Phi) is 3.49. The Morgan fingerprint density at radius 2 is 1.94 bits per heavy atom. The quantitative estimate of drug-likeness (QED) is 0.681. The Labute approximate surface area is 102 Å². The van der Waals surface area contributed by atoms with Crippen molar-refractivity contribution in [1.82, 2.24) is 0 Å². The third-order valence-electron chi connectivity index (χ3n) is 3.28. The number of aliphatic hydroxyl groups is 1. The zero-order chi connectivity index (χ0) is 12.3. The minimum absolute atomic E-state index is 0.216. The van der Waals surface area contributed by atoms with Gasteiger partial charge in [-0.1, -0.05) is 18.3 Å². The minimum Gasteiger partial charge on any atom is -0.378 e. The second-order valence-electron chi connectivity index (χ2n) is 4.81. The van der Waals surface area contributed by atoms with Crippen LogP contribution in [0.5, 0.6) is 0 Å². The molecule has 0 atom stereocenters. The van der Waals surface area contributed by atoms with E-state index in [2.05, 4.69) is 11.8 Å². The minimum atomic E-state index is -0.833. The Morgan fingerprint density at radius 3 is 2.59 bits per heavy atom. The molecule has 0 bridgehead atoms. The molecule has 1 aromatic carbocycles. The summed E-state index contributed by atoms with van der Waals surface area (Å²) in [4.78, 5) is 0. The van der Waals surface area contributed by atoms with E-state index in [1.165, 1.54) is 12.5 Å². The van der Waals surface area contributed by atoms with Crippen LogP contribution in [-0.2, 0) is 0 Å². The van der Waals surface area contributed by atoms with Gasteiger partial charge >= 0.3 is 0 Å². The fraction of sp³-hybridized carbons (Fsp3) is 0.467. The highest BCUT2D eigenvalue weighted by molar-refractivity contribution is 5.39. The van der Waals surface area contributed by atoms with Gasteiger partial charge in [-0.2, -0.15) is 0 Å². The highest BCUT2D eigenvalue weighted by Crippen LogP contribution is 2.27. The zero-order valence-corrected chi connectivity index (χ0v) is 10.1. The normalized spacial score (nSPS) is 18.3. The van der Waals surface area contributed by atoms with Crippen LogP contribution < -0.4 is 0 Å². The molecule has 1 aliphatic carbocycles. The van der Waals surface area contributed by atoms with Crippen LogP contribution in [0.15, 0.2) is 18.2 Å². The Hall–Kier alpha value is -1.33. The van der Waals surface area contributed by atoms with Crippen molar-refractivity contribution >= 4 is 0 Å².